The van der Waals surface area contributed by atoms with Crippen molar-refractivity contribution < 1.29 is 4.74 Å². The van der Waals surface area contributed by atoms with Gasteiger partial charge in [0, 0.05) is 22.8 Å². The van der Waals surface area contributed by atoms with Crippen LogP contribution in [-0.4, -0.2) is 19.3 Å². The van der Waals surface area contributed by atoms with Crippen LogP contribution in [0.4, 0.5) is 11.4 Å². The van der Waals surface area contributed by atoms with Gasteiger partial charge in [-0.05, 0) is 66.5 Å². The topological polar surface area (TPSA) is 47.3 Å². The van der Waals surface area contributed by atoms with Gasteiger partial charge in [0.2, 0.25) is 0 Å². The third-order valence-corrected chi connectivity index (χ3v) is 4.04. The molecule has 4 heteroatoms. The molecule has 1 saturated heterocycles. The second-order valence-corrected chi connectivity index (χ2v) is 5.86. The zero-order valence-electron chi connectivity index (χ0n) is 10.1. The minimum absolute atomic E-state index is 0.446. The number of halogens is 1. The molecule has 1 aromatic rings. The van der Waals surface area contributed by atoms with Crippen LogP contribution >= 0.6 is 22.6 Å². The third-order valence-electron chi connectivity index (χ3n) is 3.37. The fourth-order valence-electron chi connectivity index (χ4n) is 2.24. The number of nitrogens with two attached hydrogens (primary N) is 1. The van der Waals surface area contributed by atoms with Crippen LogP contribution in [0.25, 0.3) is 0 Å². The molecule has 0 saturated carbocycles. The first-order valence-electron chi connectivity index (χ1n) is 6.06. The highest BCUT2D eigenvalue weighted by atomic mass is 127. The molecule has 1 aliphatic heterocycles. The molecule has 0 bridgehead atoms. The van der Waals surface area contributed by atoms with Gasteiger partial charge in [0.15, 0.2) is 0 Å². The van der Waals surface area contributed by atoms with E-state index in [1.165, 1.54) is 3.57 Å². The highest BCUT2D eigenvalue weighted by Gasteiger charge is 2.20. The summed E-state index contributed by atoms with van der Waals surface area (Å²) < 4.78 is 6.56. The predicted molar refractivity (Wildman–Crippen MR) is 80.2 cm³/mol. The zero-order valence-corrected chi connectivity index (χ0v) is 12.2. The second-order valence-electron chi connectivity index (χ2n) is 4.61. The van der Waals surface area contributed by atoms with Crippen LogP contribution in [0.3, 0.4) is 0 Å². The van der Waals surface area contributed by atoms with E-state index < -0.39 is 0 Å². The number of nitrogens with one attached hydrogen (secondary N) is 1. The van der Waals surface area contributed by atoms with E-state index in [2.05, 4.69) is 47.0 Å². The van der Waals surface area contributed by atoms with Gasteiger partial charge in [-0.25, -0.2) is 0 Å². The summed E-state index contributed by atoms with van der Waals surface area (Å²) in [5, 5.41) is 3.52. The number of hydrogen-bond donors (Lipinski definition) is 2. The summed E-state index contributed by atoms with van der Waals surface area (Å²) in [5.74, 6) is 0.683. The molecular weight excluding hydrogens is 327 g/mol. The van der Waals surface area contributed by atoms with Gasteiger partial charge < -0.3 is 15.8 Å². The van der Waals surface area contributed by atoms with Gasteiger partial charge in [-0.1, -0.05) is 0 Å². The van der Waals surface area contributed by atoms with Gasteiger partial charge >= 0.3 is 0 Å². The van der Waals surface area contributed by atoms with Crippen LogP contribution in [0.1, 0.15) is 19.8 Å². The van der Waals surface area contributed by atoms with Gasteiger partial charge in [0.05, 0.1) is 11.4 Å². The van der Waals surface area contributed by atoms with Crippen LogP contribution in [-0.2, 0) is 4.74 Å². The Bertz CT molecular complexity index is 378. The molecule has 2 rings (SSSR count). The van der Waals surface area contributed by atoms with E-state index in [0.29, 0.717) is 12.0 Å². The summed E-state index contributed by atoms with van der Waals surface area (Å²) in [7, 11) is 0. The smallest absolute Gasteiger partial charge is 0.0576 e. The molecule has 3 N–H and O–H groups in total. The predicted octanol–water partition coefficient (Wildman–Crippen LogP) is 3.10. The van der Waals surface area contributed by atoms with Crippen molar-refractivity contribution in [2.45, 2.75) is 25.8 Å². The molecule has 1 atom stereocenters. The summed E-state index contributed by atoms with van der Waals surface area (Å²) in [6.45, 7) is 4.01. The number of ether oxygens (including phenoxy) is 1. The number of nitrogen functional groups attached to an aromatic ring is 1. The summed E-state index contributed by atoms with van der Waals surface area (Å²) in [5.41, 5.74) is 7.88. The Labute approximate surface area is 116 Å². The second kappa shape index (κ2) is 5.91. The first kappa shape index (κ1) is 13.0. The molecule has 1 fully saturated rings. The number of hydrogen-bond acceptors (Lipinski definition) is 3. The van der Waals surface area contributed by atoms with E-state index in [0.717, 1.165) is 37.4 Å². The molecule has 0 spiro atoms. The maximum atomic E-state index is 6.01. The summed E-state index contributed by atoms with van der Waals surface area (Å²) in [4.78, 5) is 0. The largest absolute Gasteiger partial charge is 0.397 e. The van der Waals surface area contributed by atoms with Gasteiger partial charge in [-0.15, -0.1) is 0 Å². The van der Waals surface area contributed by atoms with Crippen molar-refractivity contribution in [1.82, 2.24) is 0 Å². The van der Waals surface area contributed by atoms with Gasteiger partial charge in [0.25, 0.3) is 0 Å². The summed E-state index contributed by atoms with van der Waals surface area (Å²) >= 11 is 2.27. The Balaban J connectivity index is 1.99. The Morgan fingerprint density at radius 2 is 2.12 bits per heavy atom. The fourth-order valence-corrected chi connectivity index (χ4v) is 2.76. The maximum absolute atomic E-state index is 6.01. The molecule has 17 heavy (non-hydrogen) atoms. The Kier molecular flexibility index (Phi) is 4.50. The lowest BCUT2D eigenvalue weighted by molar-refractivity contribution is 0.0622. The molecule has 0 aliphatic carbocycles. The molecule has 3 nitrogen and oxygen atoms in total. The molecule has 1 heterocycles. The Morgan fingerprint density at radius 3 is 2.76 bits per heavy atom. The molecule has 1 aliphatic rings. The minimum Gasteiger partial charge on any atom is -0.397 e. The zero-order chi connectivity index (χ0) is 12.3. The molecule has 1 unspecified atom stereocenters. The first-order chi connectivity index (χ1) is 8.16. The Morgan fingerprint density at radius 1 is 1.41 bits per heavy atom. The Hall–Kier alpha value is -0.490. The number of rotatable bonds is 3. The quantitative estimate of drug-likeness (QED) is 0.653. The average Bonchev–Trinajstić information content (AvgIpc) is 2.34. The van der Waals surface area contributed by atoms with E-state index in [-0.39, 0.29) is 0 Å². The lowest BCUT2D eigenvalue weighted by atomic mass is 9.93. The van der Waals surface area contributed by atoms with Crippen LogP contribution in [0.15, 0.2) is 18.2 Å². The van der Waals surface area contributed by atoms with E-state index in [1.54, 1.807) is 0 Å². The van der Waals surface area contributed by atoms with E-state index in [9.17, 15) is 0 Å². The summed E-state index contributed by atoms with van der Waals surface area (Å²) in [6, 6.07) is 6.59. The minimum atomic E-state index is 0.446. The van der Waals surface area contributed by atoms with E-state index >= 15 is 0 Å². The van der Waals surface area contributed by atoms with E-state index in [4.69, 9.17) is 10.5 Å². The SMILES string of the molecule is CC(Nc1ccc(I)cc1N)C1CCOCC1. The molecule has 94 valence electrons. The van der Waals surface area contributed by atoms with E-state index in [1.807, 2.05) is 6.07 Å². The van der Waals surface area contributed by atoms with Crippen molar-refractivity contribution in [3.63, 3.8) is 0 Å². The highest BCUT2D eigenvalue weighted by molar-refractivity contribution is 14.1. The average molecular weight is 346 g/mol. The van der Waals surface area contributed by atoms with Crippen molar-refractivity contribution in [2.75, 3.05) is 24.3 Å². The lowest BCUT2D eigenvalue weighted by Gasteiger charge is -2.29. The monoisotopic (exact) mass is 346 g/mol. The normalized spacial score (nSPS) is 18.9. The number of benzene rings is 1. The lowest BCUT2D eigenvalue weighted by Crippen LogP contribution is -2.31. The molecule has 0 aromatic heterocycles. The number of anilines is 2. The van der Waals surface area contributed by atoms with Crippen molar-refractivity contribution >= 4 is 34.0 Å². The summed E-state index contributed by atoms with van der Waals surface area (Å²) in [6.07, 6.45) is 2.27. The standard InChI is InChI=1S/C13H19IN2O/c1-9(10-4-6-17-7-5-10)16-13-3-2-11(14)8-12(13)15/h2-3,8-10,16H,4-7,15H2,1H3. The van der Waals surface area contributed by atoms with Crippen molar-refractivity contribution in [2.24, 2.45) is 5.92 Å². The van der Waals surface area contributed by atoms with Crippen LogP contribution in [0, 0.1) is 9.49 Å². The van der Waals surface area contributed by atoms with Crippen LogP contribution in [0.5, 0.6) is 0 Å². The molecular formula is C13H19IN2O. The highest BCUT2D eigenvalue weighted by Crippen LogP contribution is 2.26. The van der Waals surface area contributed by atoms with Gasteiger partial charge in [-0.3, -0.25) is 0 Å². The molecule has 0 amide bonds. The van der Waals surface area contributed by atoms with Gasteiger partial charge in [-0.2, -0.15) is 0 Å². The third kappa shape index (κ3) is 3.48. The molecule has 0 radical (unpaired) electrons. The van der Waals surface area contributed by atoms with Gasteiger partial charge in [0.1, 0.15) is 0 Å². The molecule has 1 aromatic carbocycles. The van der Waals surface area contributed by atoms with Crippen molar-refractivity contribution in [1.29, 1.82) is 0 Å². The van der Waals surface area contributed by atoms with Crippen molar-refractivity contribution in [3.8, 4) is 0 Å². The first-order valence-corrected chi connectivity index (χ1v) is 7.14. The van der Waals surface area contributed by atoms with Crippen LogP contribution < -0.4 is 11.1 Å². The fraction of sp³-hybridized carbons (Fsp3) is 0.538. The van der Waals surface area contributed by atoms with Crippen LogP contribution in [0.2, 0.25) is 0 Å². The maximum Gasteiger partial charge on any atom is 0.0576 e. The van der Waals surface area contributed by atoms with Crippen molar-refractivity contribution in [3.05, 3.63) is 21.8 Å².